The predicted octanol–water partition coefficient (Wildman–Crippen LogP) is 3.63. The van der Waals surface area contributed by atoms with Crippen LogP contribution in [0.5, 0.6) is 0 Å². The van der Waals surface area contributed by atoms with Crippen molar-refractivity contribution in [1.82, 2.24) is 4.90 Å². The van der Waals surface area contributed by atoms with Crippen LogP contribution in [0.1, 0.15) is 26.3 Å². The summed E-state index contributed by atoms with van der Waals surface area (Å²) in [5.74, 6) is -0.0682. The van der Waals surface area contributed by atoms with Crippen LogP contribution in [0.25, 0.3) is 0 Å². The van der Waals surface area contributed by atoms with Gasteiger partial charge in [0.2, 0.25) is 0 Å². The SMILES string of the molecule is C/C=C1/SC(=N)N(Cc2ccccc2)C1=O.CC. The average Bonchev–Trinajstić information content (AvgIpc) is 2.70. The van der Waals surface area contributed by atoms with Crippen LogP contribution in [0, 0.1) is 5.41 Å². The molecule has 1 N–H and O–H groups in total. The van der Waals surface area contributed by atoms with Gasteiger partial charge in [0.15, 0.2) is 5.17 Å². The first kappa shape index (κ1) is 14.5. The highest BCUT2D eigenvalue weighted by Gasteiger charge is 2.31. The van der Waals surface area contributed by atoms with Crippen molar-refractivity contribution >= 4 is 22.8 Å². The van der Waals surface area contributed by atoms with Crippen molar-refractivity contribution in [2.75, 3.05) is 0 Å². The van der Waals surface area contributed by atoms with Gasteiger partial charge in [-0.3, -0.25) is 15.1 Å². The van der Waals surface area contributed by atoms with Crippen LogP contribution in [0.15, 0.2) is 41.3 Å². The van der Waals surface area contributed by atoms with Crippen LogP contribution in [0.3, 0.4) is 0 Å². The summed E-state index contributed by atoms with van der Waals surface area (Å²) in [5.41, 5.74) is 1.04. The second-order valence-corrected chi connectivity index (χ2v) is 4.47. The molecule has 1 aliphatic rings. The van der Waals surface area contributed by atoms with E-state index < -0.39 is 0 Å². The normalized spacial score (nSPS) is 16.8. The molecule has 0 bridgehead atoms. The molecule has 0 aliphatic carbocycles. The van der Waals surface area contributed by atoms with Crippen LogP contribution in [0.2, 0.25) is 0 Å². The van der Waals surface area contributed by atoms with Crippen LogP contribution in [0.4, 0.5) is 0 Å². The third-order valence-corrected chi connectivity index (χ3v) is 3.40. The highest BCUT2D eigenvalue weighted by molar-refractivity contribution is 8.18. The van der Waals surface area contributed by atoms with E-state index in [1.807, 2.05) is 51.1 Å². The average molecular weight is 262 g/mol. The number of carbonyl (C=O) groups is 1. The number of amidine groups is 1. The molecule has 0 unspecified atom stereocenters. The molecule has 18 heavy (non-hydrogen) atoms. The summed E-state index contributed by atoms with van der Waals surface area (Å²) >= 11 is 1.22. The van der Waals surface area contributed by atoms with E-state index in [1.165, 1.54) is 16.7 Å². The zero-order valence-electron chi connectivity index (χ0n) is 10.9. The van der Waals surface area contributed by atoms with Gasteiger partial charge in [-0.1, -0.05) is 50.3 Å². The summed E-state index contributed by atoms with van der Waals surface area (Å²) in [6.45, 7) is 6.29. The first-order valence-corrected chi connectivity index (χ1v) is 6.82. The molecular formula is C14H18N2OS. The van der Waals surface area contributed by atoms with Crippen molar-refractivity contribution in [1.29, 1.82) is 5.41 Å². The summed E-state index contributed by atoms with van der Waals surface area (Å²) in [5, 5.41) is 8.05. The lowest BCUT2D eigenvalue weighted by atomic mass is 10.2. The summed E-state index contributed by atoms with van der Waals surface area (Å²) in [6.07, 6.45) is 1.76. The Balaban J connectivity index is 0.000000771. The number of hydrogen-bond donors (Lipinski definition) is 1. The van der Waals surface area contributed by atoms with E-state index in [4.69, 9.17) is 5.41 Å². The van der Waals surface area contributed by atoms with Crippen molar-refractivity contribution in [3.63, 3.8) is 0 Å². The molecule has 0 aromatic heterocycles. The molecule has 1 aromatic carbocycles. The zero-order chi connectivity index (χ0) is 13.5. The smallest absolute Gasteiger partial charge is 0.266 e. The van der Waals surface area contributed by atoms with E-state index in [1.54, 1.807) is 6.08 Å². The Kier molecular flexibility index (Phi) is 5.65. The summed E-state index contributed by atoms with van der Waals surface area (Å²) in [6, 6.07) is 9.72. The van der Waals surface area contributed by atoms with Crippen LogP contribution in [-0.4, -0.2) is 16.0 Å². The topological polar surface area (TPSA) is 44.2 Å². The standard InChI is InChI=1S/C12H12N2OS.C2H6/c1-2-10-11(15)14(12(13)16-10)8-9-6-4-3-5-7-9;1-2/h2-7,13H,8H2,1H3;1-2H3/b10-2+,13-12?;. The fourth-order valence-corrected chi connectivity index (χ4v) is 2.30. The van der Waals surface area contributed by atoms with Gasteiger partial charge in [0.05, 0.1) is 11.4 Å². The Hall–Kier alpha value is -1.55. The van der Waals surface area contributed by atoms with Crippen molar-refractivity contribution in [2.45, 2.75) is 27.3 Å². The Morgan fingerprint density at radius 2 is 1.89 bits per heavy atom. The lowest BCUT2D eigenvalue weighted by Gasteiger charge is -2.13. The molecule has 4 heteroatoms. The van der Waals surface area contributed by atoms with Crippen LogP contribution < -0.4 is 0 Å². The van der Waals surface area contributed by atoms with Crippen molar-refractivity contribution in [3.05, 3.63) is 46.9 Å². The first-order valence-electron chi connectivity index (χ1n) is 6.01. The van der Waals surface area contributed by atoms with Crippen molar-refractivity contribution < 1.29 is 4.79 Å². The second-order valence-electron chi connectivity index (χ2n) is 3.44. The molecule has 2 rings (SSSR count). The number of carbonyl (C=O) groups excluding carboxylic acids is 1. The molecular weight excluding hydrogens is 244 g/mol. The molecule has 96 valence electrons. The number of benzene rings is 1. The summed E-state index contributed by atoms with van der Waals surface area (Å²) < 4.78 is 0. The van der Waals surface area contributed by atoms with E-state index in [0.717, 1.165) is 5.56 Å². The van der Waals surface area contributed by atoms with Crippen molar-refractivity contribution in [2.24, 2.45) is 0 Å². The molecule has 0 radical (unpaired) electrons. The molecule has 0 atom stereocenters. The van der Waals surface area contributed by atoms with Gasteiger partial charge in [-0.05, 0) is 24.2 Å². The van der Waals surface area contributed by atoms with E-state index in [-0.39, 0.29) is 5.91 Å². The van der Waals surface area contributed by atoms with Gasteiger partial charge < -0.3 is 0 Å². The van der Waals surface area contributed by atoms with Gasteiger partial charge in [0.1, 0.15) is 0 Å². The maximum Gasteiger partial charge on any atom is 0.266 e. The fraction of sp³-hybridized carbons (Fsp3) is 0.286. The van der Waals surface area contributed by atoms with Gasteiger partial charge >= 0.3 is 0 Å². The Bertz CT molecular complexity index is 454. The number of thioether (sulfide) groups is 1. The van der Waals surface area contributed by atoms with Gasteiger partial charge in [-0.25, -0.2) is 0 Å². The Morgan fingerprint density at radius 3 is 2.39 bits per heavy atom. The summed E-state index contributed by atoms with van der Waals surface area (Å²) in [4.78, 5) is 14.0. The molecule has 1 heterocycles. The Morgan fingerprint density at radius 1 is 1.28 bits per heavy atom. The van der Waals surface area contributed by atoms with Crippen LogP contribution in [-0.2, 0) is 11.3 Å². The lowest BCUT2D eigenvalue weighted by molar-refractivity contribution is -0.122. The van der Waals surface area contributed by atoms with E-state index in [2.05, 4.69) is 0 Å². The van der Waals surface area contributed by atoms with Crippen LogP contribution >= 0.6 is 11.8 Å². The predicted molar refractivity (Wildman–Crippen MR) is 77.4 cm³/mol. The molecule has 1 amide bonds. The molecule has 3 nitrogen and oxygen atoms in total. The summed E-state index contributed by atoms with van der Waals surface area (Å²) in [7, 11) is 0. The van der Waals surface area contributed by atoms with Gasteiger partial charge in [-0.15, -0.1) is 0 Å². The monoisotopic (exact) mass is 262 g/mol. The fourth-order valence-electron chi connectivity index (χ4n) is 1.52. The highest BCUT2D eigenvalue weighted by atomic mass is 32.2. The van der Waals surface area contributed by atoms with Gasteiger partial charge in [0.25, 0.3) is 5.91 Å². The van der Waals surface area contributed by atoms with Gasteiger partial charge in [-0.2, -0.15) is 0 Å². The van der Waals surface area contributed by atoms with E-state index in [0.29, 0.717) is 16.6 Å². The molecule has 1 aliphatic heterocycles. The third-order valence-electron chi connectivity index (χ3n) is 2.35. The molecule has 0 saturated carbocycles. The number of nitrogens with one attached hydrogen (secondary N) is 1. The molecule has 1 aromatic rings. The third kappa shape index (κ3) is 3.23. The molecule has 1 fully saturated rings. The first-order chi connectivity index (χ1) is 8.72. The van der Waals surface area contributed by atoms with E-state index >= 15 is 0 Å². The number of hydrogen-bond acceptors (Lipinski definition) is 3. The quantitative estimate of drug-likeness (QED) is 0.827. The highest BCUT2D eigenvalue weighted by Crippen LogP contribution is 2.30. The minimum Gasteiger partial charge on any atom is -0.282 e. The van der Waals surface area contributed by atoms with E-state index in [9.17, 15) is 4.79 Å². The number of rotatable bonds is 2. The minimum atomic E-state index is -0.0682. The zero-order valence-corrected chi connectivity index (χ0v) is 11.8. The second kappa shape index (κ2) is 7.01. The number of nitrogens with zero attached hydrogens (tertiary/aromatic N) is 1. The lowest BCUT2D eigenvalue weighted by Crippen LogP contribution is -2.27. The molecule has 0 spiro atoms. The minimum absolute atomic E-state index is 0.0682. The number of amides is 1. The maximum atomic E-state index is 11.8. The number of allylic oxidation sites excluding steroid dienone is 1. The molecule has 1 saturated heterocycles. The van der Waals surface area contributed by atoms with Gasteiger partial charge in [0, 0.05) is 0 Å². The largest absolute Gasteiger partial charge is 0.282 e. The maximum absolute atomic E-state index is 11.8. The van der Waals surface area contributed by atoms with Crippen molar-refractivity contribution in [3.8, 4) is 0 Å². The Labute approximate surface area is 112 Å².